The average molecular weight is 1150 g/mol. The summed E-state index contributed by atoms with van der Waals surface area (Å²) >= 11 is 0. The molecule has 0 aromatic carbocycles. The second kappa shape index (κ2) is 66.9. The van der Waals surface area contributed by atoms with Crippen molar-refractivity contribution in [3.8, 4) is 0 Å². The number of allylic oxidation sites excluding steroid dienone is 2. The minimum Gasteiger partial charge on any atom is -0.462 e. The van der Waals surface area contributed by atoms with E-state index in [4.69, 9.17) is 24.3 Å². The Morgan fingerprint density at radius 2 is 0.613 bits per heavy atom. The Bertz CT molecular complexity index is 1320. The Labute approximate surface area is 498 Å². The van der Waals surface area contributed by atoms with E-state index >= 15 is 0 Å². The Hall–Kier alpha value is -1.25. The minimum atomic E-state index is -4.39. The van der Waals surface area contributed by atoms with E-state index in [-0.39, 0.29) is 38.6 Å². The number of carbonyl (C=O) groups excluding carboxylic acids is 2. The van der Waals surface area contributed by atoms with Crippen LogP contribution in [0.5, 0.6) is 0 Å². The van der Waals surface area contributed by atoms with Crippen LogP contribution in [0.3, 0.4) is 0 Å². The highest BCUT2D eigenvalue weighted by Crippen LogP contribution is 2.43. The summed E-state index contributed by atoms with van der Waals surface area (Å²) in [7, 11) is -4.39. The number of esters is 2. The number of nitrogens with two attached hydrogens (primary N) is 1. The standard InChI is InChI=1S/C70H138NO8P/c1-3-5-7-9-11-13-15-17-19-21-23-25-26-27-28-29-30-31-32-33-34-35-36-37-38-39-40-41-43-44-46-48-50-52-54-56-58-60-62-69(72)76-66-68(67-78-80(74,75)77-65-64-71)79-70(73)63-61-59-57-55-53-51-49-47-45-42-24-22-20-18-16-14-12-10-8-6-4-2/h22,24,68H,3-21,23,25-67,71H2,1-2H3,(H,74,75)/b24-22-. The number of hydrogen-bond donors (Lipinski definition) is 2. The molecule has 0 radical (unpaired) electrons. The molecule has 0 saturated carbocycles. The smallest absolute Gasteiger partial charge is 0.462 e. The fourth-order valence-electron chi connectivity index (χ4n) is 11.1. The van der Waals surface area contributed by atoms with Gasteiger partial charge in [0.2, 0.25) is 0 Å². The predicted octanol–water partition coefficient (Wildman–Crippen LogP) is 23.1. The molecule has 0 aliphatic heterocycles. The van der Waals surface area contributed by atoms with Crippen LogP contribution >= 0.6 is 7.82 Å². The van der Waals surface area contributed by atoms with Crippen LogP contribution in [0, 0.1) is 0 Å². The maximum Gasteiger partial charge on any atom is 0.472 e. The first-order chi connectivity index (χ1) is 39.3. The van der Waals surface area contributed by atoms with E-state index in [2.05, 4.69) is 26.0 Å². The first-order valence-electron chi connectivity index (χ1n) is 35.7. The Morgan fingerprint density at radius 1 is 0.362 bits per heavy atom. The second-order valence-electron chi connectivity index (χ2n) is 24.5. The molecular formula is C70H138NO8P. The summed E-state index contributed by atoms with van der Waals surface area (Å²) in [5.41, 5.74) is 5.40. The molecule has 80 heavy (non-hydrogen) atoms. The van der Waals surface area contributed by atoms with Crippen molar-refractivity contribution >= 4 is 19.8 Å². The fourth-order valence-corrected chi connectivity index (χ4v) is 11.9. The van der Waals surface area contributed by atoms with E-state index in [0.29, 0.717) is 6.42 Å². The summed E-state index contributed by atoms with van der Waals surface area (Å²) in [6.45, 7) is 3.82. The summed E-state index contributed by atoms with van der Waals surface area (Å²) in [5.74, 6) is -0.806. The molecule has 0 aromatic heterocycles. The molecule has 0 saturated heterocycles. The van der Waals surface area contributed by atoms with Crippen molar-refractivity contribution in [1.82, 2.24) is 0 Å². The van der Waals surface area contributed by atoms with Crippen LogP contribution in [0.2, 0.25) is 0 Å². The van der Waals surface area contributed by atoms with Gasteiger partial charge < -0.3 is 20.1 Å². The Morgan fingerprint density at radius 3 is 0.887 bits per heavy atom. The van der Waals surface area contributed by atoms with Crippen molar-refractivity contribution in [2.75, 3.05) is 26.4 Å². The van der Waals surface area contributed by atoms with E-state index in [0.717, 1.165) is 38.5 Å². The third-order valence-electron chi connectivity index (χ3n) is 16.4. The number of ether oxygens (including phenoxy) is 2. The monoisotopic (exact) mass is 1150 g/mol. The molecule has 0 heterocycles. The molecule has 0 bridgehead atoms. The lowest BCUT2D eigenvalue weighted by molar-refractivity contribution is -0.161. The summed E-state index contributed by atoms with van der Waals surface area (Å²) < 4.78 is 33.2. The maximum atomic E-state index is 12.7. The van der Waals surface area contributed by atoms with Crippen LogP contribution in [-0.4, -0.2) is 49.3 Å². The van der Waals surface area contributed by atoms with E-state index in [1.807, 2.05) is 0 Å². The van der Waals surface area contributed by atoms with Gasteiger partial charge in [-0.1, -0.05) is 353 Å². The van der Waals surface area contributed by atoms with Crippen LogP contribution in [0.1, 0.15) is 393 Å². The highest BCUT2D eigenvalue weighted by atomic mass is 31.2. The zero-order valence-electron chi connectivity index (χ0n) is 53.6. The van der Waals surface area contributed by atoms with Gasteiger partial charge in [-0.3, -0.25) is 18.6 Å². The summed E-state index contributed by atoms with van der Waals surface area (Å²) in [6.07, 6.45) is 80.5. The van der Waals surface area contributed by atoms with Crippen LogP contribution in [0.4, 0.5) is 0 Å². The topological polar surface area (TPSA) is 134 Å². The van der Waals surface area contributed by atoms with Gasteiger partial charge in [-0.15, -0.1) is 0 Å². The molecule has 10 heteroatoms. The van der Waals surface area contributed by atoms with Gasteiger partial charge in [0.1, 0.15) is 6.61 Å². The molecule has 476 valence electrons. The molecular weight excluding hydrogens is 1010 g/mol. The summed E-state index contributed by atoms with van der Waals surface area (Å²) in [4.78, 5) is 35.3. The summed E-state index contributed by atoms with van der Waals surface area (Å²) in [6, 6.07) is 0. The first kappa shape index (κ1) is 78.8. The molecule has 0 spiro atoms. The normalized spacial score (nSPS) is 12.9. The highest BCUT2D eigenvalue weighted by molar-refractivity contribution is 7.47. The van der Waals surface area contributed by atoms with Gasteiger partial charge in [-0.2, -0.15) is 0 Å². The van der Waals surface area contributed by atoms with Crippen LogP contribution in [0.15, 0.2) is 12.2 Å². The molecule has 0 fully saturated rings. The molecule has 0 amide bonds. The molecule has 0 aromatic rings. The quantitative estimate of drug-likeness (QED) is 0.0264. The van der Waals surface area contributed by atoms with Crippen LogP contribution in [-0.2, 0) is 32.7 Å². The molecule has 2 atom stereocenters. The first-order valence-corrected chi connectivity index (χ1v) is 37.2. The summed E-state index contributed by atoms with van der Waals surface area (Å²) in [5, 5.41) is 0. The Kier molecular flexibility index (Phi) is 65.8. The number of unbranched alkanes of at least 4 members (excludes halogenated alkanes) is 54. The molecule has 0 aliphatic rings. The van der Waals surface area contributed by atoms with Crippen molar-refractivity contribution in [3.05, 3.63) is 12.2 Å². The van der Waals surface area contributed by atoms with Gasteiger partial charge >= 0.3 is 19.8 Å². The number of carbonyl (C=O) groups is 2. The van der Waals surface area contributed by atoms with E-state index in [1.165, 1.54) is 321 Å². The highest BCUT2D eigenvalue weighted by Gasteiger charge is 2.26. The Balaban J connectivity index is 3.73. The zero-order valence-corrected chi connectivity index (χ0v) is 54.5. The lowest BCUT2D eigenvalue weighted by Crippen LogP contribution is -2.29. The second-order valence-corrected chi connectivity index (χ2v) is 25.9. The third kappa shape index (κ3) is 65.9. The molecule has 0 rings (SSSR count). The lowest BCUT2D eigenvalue weighted by atomic mass is 10.0. The van der Waals surface area contributed by atoms with Crippen molar-refractivity contribution in [1.29, 1.82) is 0 Å². The molecule has 3 N–H and O–H groups in total. The largest absolute Gasteiger partial charge is 0.472 e. The van der Waals surface area contributed by atoms with Gasteiger partial charge in [0, 0.05) is 19.4 Å². The van der Waals surface area contributed by atoms with Gasteiger partial charge in [0.15, 0.2) is 6.10 Å². The van der Waals surface area contributed by atoms with Crippen LogP contribution in [0.25, 0.3) is 0 Å². The zero-order chi connectivity index (χ0) is 58.0. The average Bonchev–Trinajstić information content (AvgIpc) is 3.45. The molecule has 9 nitrogen and oxygen atoms in total. The predicted molar refractivity (Wildman–Crippen MR) is 345 cm³/mol. The van der Waals surface area contributed by atoms with E-state index < -0.39 is 26.5 Å². The number of rotatable bonds is 69. The third-order valence-corrected chi connectivity index (χ3v) is 17.4. The van der Waals surface area contributed by atoms with E-state index in [1.54, 1.807) is 0 Å². The number of hydrogen-bond acceptors (Lipinski definition) is 8. The maximum absolute atomic E-state index is 12.7. The molecule has 0 aliphatic carbocycles. The molecule has 2 unspecified atom stereocenters. The number of phosphoric acid groups is 1. The van der Waals surface area contributed by atoms with Crippen molar-refractivity contribution in [3.63, 3.8) is 0 Å². The van der Waals surface area contributed by atoms with Gasteiger partial charge in [-0.05, 0) is 38.5 Å². The van der Waals surface area contributed by atoms with Gasteiger partial charge in [0.05, 0.1) is 13.2 Å². The lowest BCUT2D eigenvalue weighted by Gasteiger charge is -2.19. The van der Waals surface area contributed by atoms with Crippen molar-refractivity contribution in [2.24, 2.45) is 5.73 Å². The van der Waals surface area contributed by atoms with E-state index in [9.17, 15) is 19.0 Å². The fraction of sp³-hybridized carbons (Fsp3) is 0.943. The van der Waals surface area contributed by atoms with Gasteiger partial charge in [-0.25, -0.2) is 4.57 Å². The van der Waals surface area contributed by atoms with Crippen molar-refractivity contribution < 1.29 is 37.6 Å². The SMILES string of the molecule is CCCCCCCCCC/C=C\CCCCCCCCCCCC(=O)OC(COC(=O)CCCCCCCCCCCCCCCCCCCCCCCCCCCCCCCCCCCCCCCC)COP(=O)(O)OCCN. The number of phosphoric ester groups is 1. The van der Waals surface area contributed by atoms with Gasteiger partial charge in [0.25, 0.3) is 0 Å². The minimum absolute atomic E-state index is 0.0566. The van der Waals surface area contributed by atoms with Crippen molar-refractivity contribution in [2.45, 2.75) is 399 Å². The van der Waals surface area contributed by atoms with Crippen LogP contribution < -0.4 is 5.73 Å².